The number of likely N-dealkylation sites (tertiary alicyclic amines) is 1. The normalized spacial score (nSPS) is 25.4. The summed E-state index contributed by atoms with van der Waals surface area (Å²) in [7, 11) is 0. The molecule has 9 heavy (non-hydrogen) atoms. The maximum absolute atomic E-state index is 10.2. The van der Waals surface area contributed by atoms with Gasteiger partial charge >= 0.3 is 6.09 Å². The minimum absolute atomic E-state index is 0.0493. The Kier molecular flexibility index (Phi) is 1.57. The van der Waals surface area contributed by atoms with Gasteiger partial charge in [-0.05, 0) is 6.42 Å². The van der Waals surface area contributed by atoms with Crippen molar-refractivity contribution in [3.63, 3.8) is 0 Å². The Morgan fingerprint density at radius 3 is 2.56 bits per heavy atom. The van der Waals surface area contributed by atoms with Crippen LogP contribution in [0.2, 0.25) is 0 Å². The zero-order valence-electron chi connectivity index (χ0n) is 4.95. The lowest BCUT2D eigenvalue weighted by atomic mass is 10.1. The molecule has 1 aliphatic heterocycles. The molecule has 0 aliphatic carbocycles. The lowest BCUT2D eigenvalue weighted by molar-refractivity contribution is 0.0438. The van der Waals surface area contributed by atoms with Crippen molar-refractivity contribution >= 4 is 6.09 Å². The van der Waals surface area contributed by atoms with Crippen LogP contribution < -0.4 is 0 Å². The first-order chi connectivity index (χ1) is 4.25. The highest BCUT2D eigenvalue weighted by atomic mass is 16.4. The number of carbonyl (C=O) groups is 1. The van der Waals surface area contributed by atoms with Gasteiger partial charge in [0.15, 0.2) is 0 Å². The van der Waals surface area contributed by atoms with Crippen molar-refractivity contribution in [3.05, 3.63) is 0 Å². The molecule has 52 valence electrons. The lowest BCUT2D eigenvalue weighted by Crippen LogP contribution is -2.52. The summed E-state index contributed by atoms with van der Waals surface area (Å²) in [5.41, 5.74) is 0. The average molecular weight is 131 g/mol. The second kappa shape index (κ2) is 2.23. The predicted molar refractivity (Wildman–Crippen MR) is 30.2 cm³/mol. The SMILES string of the molecule is O=C(O)N1CCC1CO. The van der Waals surface area contributed by atoms with E-state index in [0.717, 1.165) is 6.42 Å². The number of rotatable bonds is 1. The van der Waals surface area contributed by atoms with Crippen molar-refractivity contribution in [1.82, 2.24) is 4.90 Å². The van der Waals surface area contributed by atoms with Crippen LogP contribution in [0.15, 0.2) is 0 Å². The van der Waals surface area contributed by atoms with E-state index in [1.54, 1.807) is 0 Å². The zero-order valence-corrected chi connectivity index (χ0v) is 4.95. The van der Waals surface area contributed by atoms with Crippen molar-refractivity contribution in [1.29, 1.82) is 0 Å². The number of aliphatic hydroxyl groups excluding tert-OH is 1. The number of carboxylic acid groups (broad SMARTS) is 1. The van der Waals surface area contributed by atoms with Gasteiger partial charge in [-0.25, -0.2) is 4.79 Å². The summed E-state index contributed by atoms with van der Waals surface area (Å²) >= 11 is 0. The predicted octanol–water partition coefficient (Wildman–Crippen LogP) is -0.269. The fourth-order valence-electron chi connectivity index (χ4n) is 0.882. The standard InChI is InChI=1S/C5H9NO3/c7-3-4-1-2-6(4)5(8)9/h4,7H,1-3H2,(H,8,9). The van der Waals surface area contributed by atoms with E-state index in [0.29, 0.717) is 6.54 Å². The molecule has 1 heterocycles. The van der Waals surface area contributed by atoms with E-state index < -0.39 is 6.09 Å². The first-order valence-electron chi connectivity index (χ1n) is 2.86. The van der Waals surface area contributed by atoms with E-state index in [2.05, 4.69) is 0 Å². The molecule has 0 bridgehead atoms. The largest absolute Gasteiger partial charge is 0.465 e. The van der Waals surface area contributed by atoms with Crippen molar-refractivity contribution in [3.8, 4) is 0 Å². The second-order valence-electron chi connectivity index (χ2n) is 2.10. The van der Waals surface area contributed by atoms with E-state index in [1.807, 2.05) is 0 Å². The Labute approximate surface area is 52.7 Å². The molecule has 4 nitrogen and oxygen atoms in total. The number of hydrogen-bond acceptors (Lipinski definition) is 2. The highest BCUT2D eigenvalue weighted by molar-refractivity contribution is 5.66. The van der Waals surface area contributed by atoms with Crippen LogP contribution in [-0.2, 0) is 0 Å². The number of aliphatic hydroxyl groups is 1. The van der Waals surface area contributed by atoms with E-state index in [1.165, 1.54) is 4.90 Å². The Bertz CT molecular complexity index is 123. The van der Waals surface area contributed by atoms with Crippen molar-refractivity contribution < 1.29 is 15.0 Å². The quantitative estimate of drug-likeness (QED) is 0.515. The Balaban J connectivity index is 2.35. The fraction of sp³-hybridized carbons (Fsp3) is 0.800. The van der Waals surface area contributed by atoms with Crippen LogP contribution in [-0.4, -0.2) is 40.4 Å². The minimum atomic E-state index is -0.930. The molecule has 1 atom stereocenters. The van der Waals surface area contributed by atoms with Gasteiger partial charge in [0.2, 0.25) is 0 Å². The van der Waals surface area contributed by atoms with E-state index in [9.17, 15) is 4.79 Å². The van der Waals surface area contributed by atoms with Gasteiger partial charge in [0.25, 0.3) is 0 Å². The van der Waals surface area contributed by atoms with Crippen LogP contribution in [0, 0.1) is 0 Å². The minimum Gasteiger partial charge on any atom is -0.465 e. The highest BCUT2D eigenvalue weighted by Gasteiger charge is 2.30. The molecular weight excluding hydrogens is 122 g/mol. The summed E-state index contributed by atoms with van der Waals surface area (Å²) in [6.07, 6.45) is -0.136. The molecule has 0 spiro atoms. The van der Waals surface area contributed by atoms with Gasteiger partial charge in [-0.3, -0.25) is 0 Å². The maximum Gasteiger partial charge on any atom is 0.407 e. The van der Waals surface area contributed by atoms with E-state index >= 15 is 0 Å². The van der Waals surface area contributed by atoms with Gasteiger partial charge in [0.05, 0.1) is 12.6 Å². The first-order valence-corrected chi connectivity index (χ1v) is 2.86. The maximum atomic E-state index is 10.2. The molecule has 0 radical (unpaired) electrons. The smallest absolute Gasteiger partial charge is 0.407 e. The molecule has 1 fully saturated rings. The summed E-state index contributed by atoms with van der Waals surface area (Å²) in [5.74, 6) is 0. The molecule has 1 saturated heterocycles. The Morgan fingerprint density at radius 2 is 2.44 bits per heavy atom. The Morgan fingerprint density at radius 1 is 1.78 bits per heavy atom. The zero-order chi connectivity index (χ0) is 6.85. The molecule has 0 saturated carbocycles. The molecule has 2 N–H and O–H groups in total. The fourth-order valence-corrected chi connectivity index (χ4v) is 0.882. The number of hydrogen-bond donors (Lipinski definition) is 2. The van der Waals surface area contributed by atoms with Crippen molar-refractivity contribution in [2.45, 2.75) is 12.5 Å². The summed E-state index contributed by atoms with van der Waals surface area (Å²) in [6.45, 7) is 0.521. The molecular formula is C5H9NO3. The molecule has 0 aromatic heterocycles. The third-order valence-corrected chi connectivity index (χ3v) is 1.60. The molecule has 1 unspecified atom stereocenters. The van der Waals surface area contributed by atoms with Crippen LogP contribution in [0.4, 0.5) is 4.79 Å². The summed E-state index contributed by atoms with van der Waals surface area (Å²) in [5, 5.41) is 16.8. The molecule has 0 aromatic carbocycles. The van der Waals surface area contributed by atoms with Crippen LogP contribution in [0.3, 0.4) is 0 Å². The third kappa shape index (κ3) is 0.977. The number of nitrogens with zero attached hydrogens (tertiary/aromatic N) is 1. The van der Waals surface area contributed by atoms with Crippen LogP contribution in [0.1, 0.15) is 6.42 Å². The van der Waals surface area contributed by atoms with Gasteiger partial charge in [-0.1, -0.05) is 0 Å². The summed E-state index contributed by atoms with van der Waals surface area (Å²) in [4.78, 5) is 11.4. The summed E-state index contributed by atoms with van der Waals surface area (Å²) < 4.78 is 0. The van der Waals surface area contributed by atoms with Crippen LogP contribution in [0.25, 0.3) is 0 Å². The second-order valence-corrected chi connectivity index (χ2v) is 2.10. The van der Waals surface area contributed by atoms with Gasteiger partial charge in [0, 0.05) is 6.54 Å². The van der Waals surface area contributed by atoms with Gasteiger partial charge in [-0.15, -0.1) is 0 Å². The third-order valence-electron chi connectivity index (χ3n) is 1.60. The van der Waals surface area contributed by atoms with Gasteiger partial charge in [-0.2, -0.15) is 0 Å². The van der Waals surface area contributed by atoms with Gasteiger partial charge < -0.3 is 15.1 Å². The number of amides is 1. The van der Waals surface area contributed by atoms with Gasteiger partial charge in [0.1, 0.15) is 0 Å². The molecule has 1 aliphatic rings. The Hall–Kier alpha value is -0.770. The first kappa shape index (κ1) is 6.35. The van der Waals surface area contributed by atoms with Crippen LogP contribution in [0.5, 0.6) is 0 Å². The van der Waals surface area contributed by atoms with E-state index in [-0.39, 0.29) is 12.6 Å². The van der Waals surface area contributed by atoms with Crippen LogP contribution >= 0.6 is 0 Å². The molecule has 4 heteroatoms. The molecule has 1 amide bonds. The van der Waals surface area contributed by atoms with Crippen molar-refractivity contribution in [2.75, 3.05) is 13.2 Å². The topological polar surface area (TPSA) is 60.8 Å². The monoisotopic (exact) mass is 131 g/mol. The highest BCUT2D eigenvalue weighted by Crippen LogP contribution is 2.15. The average Bonchev–Trinajstić information content (AvgIpc) is 1.61. The molecule has 1 rings (SSSR count). The van der Waals surface area contributed by atoms with Crippen molar-refractivity contribution in [2.24, 2.45) is 0 Å². The lowest BCUT2D eigenvalue weighted by Gasteiger charge is -2.37. The summed E-state index contributed by atoms with van der Waals surface area (Å²) in [6, 6.07) is -0.137. The molecule has 0 aromatic rings. The van der Waals surface area contributed by atoms with E-state index in [4.69, 9.17) is 10.2 Å².